The van der Waals surface area contributed by atoms with Crippen molar-refractivity contribution in [1.82, 2.24) is 10.2 Å². The molecule has 11 heteroatoms. The fraction of sp³-hybridized carbons (Fsp3) is 0.297. The normalized spacial score (nSPS) is 13.9. The van der Waals surface area contributed by atoms with Gasteiger partial charge in [0.25, 0.3) is 10.0 Å². The van der Waals surface area contributed by atoms with Crippen LogP contribution in [0.15, 0.2) is 102 Å². The molecule has 5 rings (SSSR count). The van der Waals surface area contributed by atoms with Crippen LogP contribution in [0.2, 0.25) is 10.0 Å². The maximum atomic E-state index is 14.7. The van der Waals surface area contributed by atoms with Crippen molar-refractivity contribution >= 4 is 50.7 Å². The van der Waals surface area contributed by atoms with Crippen molar-refractivity contribution in [2.75, 3.05) is 18.0 Å². The number of halogens is 2. The Morgan fingerprint density at radius 1 is 0.896 bits per heavy atom. The van der Waals surface area contributed by atoms with Crippen LogP contribution in [-0.4, -0.2) is 50.9 Å². The Hall–Kier alpha value is -4.05. The minimum atomic E-state index is -4.27. The van der Waals surface area contributed by atoms with Crippen LogP contribution in [0.3, 0.4) is 0 Å². The topological polar surface area (TPSA) is 96.0 Å². The second kappa shape index (κ2) is 15.9. The van der Waals surface area contributed by atoms with E-state index < -0.39 is 28.5 Å². The largest absolute Gasteiger partial charge is 0.495 e. The predicted octanol–water partition coefficient (Wildman–Crippen LogP) is 7.20. The van der Waals surface area contributed by atoms with Crippen LogP contribution >= 0.6 is 23.2 Å². The number of aryl methyl sites for hydroxylation is 1. The van der Waals surface area contributed by atoms with E-state index in [2.05, 4.69) is 5.32 Å². The molecule has 0 bridgehead atoms. The molecule has 0 heterocycles. The molecule has 1 saturated carbocycles. The molecule has 1 aliphatic rings. The molecular formula is C37H39Cl2N3O5S. The Bertz CT molecular complexity index is 1810. The average molecular weight is 709 g/mol. The van der Waals surface area contributed by atoms with E-state index in [-0.39, 0.29) is 40.5 Å². The van der Waals surface area contributed by atoms with Crippen LogP contribution < -0.4 is 14.4 Å². The molecule has 1 aliphatic carbocycles. The number of benzene rings is 4. The molecule has 0 radical (unpaired) electrons. The van der Waals surface area contributed by atoms with Crippen LogP contribution in [0.25, 0.3) is 0 Å². The summed E-state index contributed by atoms with van der Waals surface area (Å²) in [6.45, 7) is 1.32. The van der Waals surface area contributed by atoms with Crippen LogP contribution in [0.1, 0.15) is 42.4 Å². The molecular weight excluding hydrogens is 669 g/mol. The monoisotopic (exact) mass is 707 g/mol. The van der Waals surface area contributed by atoms with Gasteiger partial charge in [0.05, 0.1) is 22.7 Å². The molecule has 2 amide bonds. The third-order valence-corrected chi connectivity index (χ3v) is 10.9. The predicted molar refractivity (Wildman–Crippen MR) is 190 cm³/mol. The standard InChI is InChI=1S/C37H39Cl2N3O5S/c1-26-12-19-32(20-13-26)48(45,46)42(31-18-21-35(47-2)33(39)23-31)25-36(43)41(24-28-14-16-29(38)17-15-28)34(22-27-8-4-3-5-9-27)37(44)40-30-10-6-7-11-30/h3-5,8-9,12-21,23,30,34H,6-7,10-11,22,24-25H2,1-2H3,(H,40,44)/t34-/m0/s1. The zero-order valence-corrected chi connectivity index (χ0v) is 29.3. The molecule has 4 aromatic carbocycles. The second-order valence-corrected chi connectivity index (χ2v) is 14.7. The third kappa shape index (κ3) is 8.69. The van der Waals surface area contributed by atoms with Crippen molar-refractivity contribution in [2.24, 2.45) is 0 Å². The van der Waals surface area contributed by atoms with Crippen molar-refractivity contribution in [3.8, 4) is 5.75 Å². The molecule has 1 N–H and O–H groups in total. The summed E-state index contributed by atoms with van der Waals surface area (Å²) in [7, 11) is -2.81. The van der Waals surface area contributed by atoms with Crippen molar-refractivity contribution < 1.29 is 22.7 Å². The lowest BCUT2D eigenvalue weighted by atomic mass is 10.0. The van der Waals surface area contributed by atoms with Crippen molar-refractivity contribution in [3.63, 3.8) is 0 Å². The maximum absolute atomic E-state index is 14.7. The Kier molecular flexibility index (Phi) is 11.7. The smallest absolute Gasteiger partial charge is 0.264 e. The SMILES string of the molecule is COc1ccc(N(CC(=O)N(Cc2ccc(Cl)cc2)[C@@H](Cc2ccccc2)C(=O)NC2CCCC2)S(=O)(=O)c2ccc(C)cc2)cc1Cl. The van der Waals surface area contributed by atoms with Gasteiger partial charge < -0.3 is 15.0 Å². The molecule has 0 aliphatic heterocycles. The highest BCUT2D eigenvalue weighted by Crippen LogP contribution is 2.32. The number of anilines is 1. The first kappa shape index (κ1) is 35.3. The molecule has 1 fully saturated rings. The minimum absolute atomic E-state index is 0.0110. The highest BCUT2D eigenvalue weighted by atomic mass is 35.5. The van der Waals surface area contributed by atoms with Gasteiger partial charge in [0.15, 0.2) is 0 Å². The van der Waals surface area contributed by atoms with Gasteiger partial charge in [0.2, 0.25) is 11.8 Å². The average Bonchev–Trinajstić information content (AvgIpc) is 3.59. The maximum Gasteiger partial charge on any atom is 0.264 e. The number of ether oxygens (including phenoxy) is 1. The van der Waals surface area contributed by atoms with E-state index in [1.807, 2.05) is 37.3 Å². The number of amides is 2. The third-order valence-electron chi connectivity index (χ3n) is 8.55. The molecule has 1 atom stereocenters. The first-order chi connectivity index (χ1) is 23.0. The van der Waals surface area contributed by atoms with E-state index in [4.69, 9.17) is 27.9 Å². The van der Waals surface area contributed by atoms with Crippen molar-refractivity contribution in [1.29, 1.82) is 0 Å². The fourth-order valence-corrected chi connectivity index (χ4v) is 7.67. The molecule has 0 spiro atoms. The van der Waals surface area contributed by atoms with Gasteiger partial charge in [-0.1, -0.05) is 96.2 Å². The van der Waals surface area contributed by atoms with Gasteiger partial charge in [-0.3, -0.25) is 13.9 Å². The summed E-state index contributed by atoms with van der Waals surface area (Å²) < 4.78 is 34.9. The van der Waals surface area contributed by atoms with E-state index in [1.54, 1.807) is 48.5 Å². The van der Waals surface area contributed by atoms with E-state index in [1.165, 1.54) is 30.2 Å². The van der Waals surface area contributed by atoms with Crippen molar-refractivity contribution in [3.05, 3.63) is 124 Å². The van der Waals surface area contributed by atoms with E-state index in [0.29, 0.717) is 10.8 Å². The number of sulfonamides is 1. The number of nitrogens with one attached hydrogen (secondary N) is 1. The number of hydrogen-bond donors (Lipinski definition) is 1. The summed E-state index contributed by atoms with van der Waals surface area (Å²) in [6, 6.07) is 26.6. The van der Waals surface area contributed by atoms with Gasteiger partial charge >= 0.3 is 0 Å². The zero-order chi connectivity index (χ0) is 34.3. The lowest BCUT2D eigenvalue weighted by Gasteiger charge is -2.34. The molecule has 0 aromatic heterocycles. The number of methoxy groups -OCH3 is 1. The molecule has 0 saturated heterocycles. The van der Waals surface area contributed by atoms with E-state index in [9.17, 15) is 18.0 Å². The van der Waals surface area contributed by atoms with Gasteiger partial charge in [-0.2, -0.15) is 0 Å². The van der Waals surface area contributed by atoms with Crippen LogP contribution in [-0.2, 0) is 32.6 Å². The number of rotatable bonds is 13. The summed E-state index contributed by atoms with van der Waals surface area (Å²) in [5.41, 5.74) is 2.66. The summed E-state index contributed by atoms with van der Waals surface area (Å²) in [5, 5.41) is 3.89. The number of carbonyl (C=O) groups excluding carboxylic acids is 2. The van der Waals surface area contributed by atoms with Gasteiger partial charge in [-0.05, 0) is 73.4 Å². The molecule has 252 valence electrons. The lowest BCUT2D eigenvalue weighted by molar-refractivity contribution is -0.140. The number of carbonyl (C=O) groups is 2. The van der Waals surface area contributed by atoms with Crippen LogP contribution in [0.5, 0.6) is 5.75 Å². The van der Waals surface area contributed by atoms with Gasteiger partial charge in [0, 0.05) is 24.0 Å². The summed E-state index contributed by atoms with van der Waals surface area (Å²) in [6.07, 6.45) is 4.03. The van der Waals surface area contributed by atoms with Gasteiger partial charge in [0.1, 0.15) is 18.3 Å². The quantitative estimate of drug-likeness (QED) is 0.159. The number of hydrogen-bond acceptors (Lipinski definition) is 5. The Balaban J connectivity index is 1.58. The Morgan fingerprint density at radius 3 is 2.19 bits per heavy atom. The zero-order valence-electron chi connectivity index (χ0n) is 26.9. The molecule has 4 aromatic rings. The highest BCUT2D eigenvalue weighted by molar-refractivity contribution is 7.92. The molecule has 0 unspecified atom stereocenters. The van der Waals surface area contributed by atoms with Crippen LogP contribution in [0.4, 0.5) is 5.69 Å². The summed E-state index contributed by atoms with van der Waals surface area (Å²) >= 11 is 12.6. The lowest BCUT2D eigenvalue weighted by Crippen LogP contribution is -2.54. The first-order valence-electron chi connectivity index (χ1n) is 15.9. The summed E-state index contributed by atoms with van der Waals surface area (Å²) in [4.78, 5) is 30.3. The second-order valence-electron chi connectivity index (χ2n) is 12.0. The van der Waals surface area contributed by atoms with E-state index >= 15 is 0 Å². The van der Waals surface area contributed by atoms with Gasteiger partial charge in [-0.25, -0.2) is 8.42 Å². The van der Waals surface area contributed by atoms with Crippen LogP contribution in [0, 0.1) is 6.92 Å². The minimum Gasteiger partial charge on any atom is -0.495 e. The summed E-state index contributed by atoms with van der Waals surface area (Å²) in [5.74, 6) is -0.487. The van der Waals surface area contributed by atoms with Crippen molar-refractivity contribution in [2.45, 2.75) is 62.6 Å². The molecule has 48 heavy (non-hydrogen) atoms. The Labute approximate surface area is 292 Å². The molecule has 8 nitrogen and oxygen atoms in total. The number of nitrogens with zero attached hydrogens (tertiary/aromatic N) is 2. The Morgan fingerprint density at radius 2 is 1.56 bits per heavy atom. The highest BCUT2D eigenvalue weighted by Gasteiger charge is 2.35. The first-order valence-corrected chi connectivity index (χ1v) is 18.1. The fourth-order valence-electron chi connectivity index (χ4n) is 5.88. The van der Waals surface area contributed by atoms with E-state index in [0.717, 1.165) is 46.7 Å². The van der Waals surface area contributed by atoms with Gasteiger partial charge in [-0.15, -0.1) is 0 Å².